The van der Waals surface area contributed by atoms with Crippen molar-refractivity contribution in [1.29, 1.82) is 0 Å². The highest BCUT2D eigenvalue weighted by molar-refractivity contribution is 5.52. The SMILES string of the molecule is COc1cc(CN2CCCC(C)(OC)C2)cc(OC)c1O. The molecule has 5 nitrogen and oxygen atoms in total. The van der Waals surface area contributed by atoms with Crippen molar-refractivity contribution in [3.05, 3.63) is 17.7 Å². The van der Waals surface area contributed by atoms with E-state index in [4.69, 9.17) is 14.2 Å². The molecule has 1 aliphatic heterocycles. The van der Waals surface area contributed by atoms with Crippen molar-refractivity contribution in [3.8, 4) is 17.2 Å². The molecular weight excluding hydrogens is 270 g/mol. The maximum absolute atomic E-state index is 9.96. The molecule has 1 saturated heterocycles. The fourth-order valence-electron chi connectivity index (χ4n) is 2.91. The second-order valence-electron chi connectivity index (χ2n) is 5.82. The minimum atomic E-state index is -0.0800. The van der Waals surface area contributed by atoms with Gasteiger partial charge in [0.2, 0.25) is 5.75 Å². The van der Waals surface area contributed by atoms with Crippen LogP contribution in [0.2, 0.25) is 0 Å². The maximum atomic E-state index is 9.96. The average molecular weight is 295 g/mol. The normalized spacial score (nSPS) is 23.0. The number of phenolic OH excluding ortho intramolecular Hbond substituents is 1. The van der Waals surface area contributed by atoms with Gasteiger partial charge < -0.3 is 19.3 Å². The Morgan fingerprint density at radius 2 is 1.81 bits per heavy atom. The highest BCUT2D eigenvalue weighted by Crippen LogP contribution is 2.37. The summed E-state index contributed by atoms with van der Waals surface area (Å²) in [6.07, 6.45) is 2.21. The summed E-state index contributed by atoms with van der Waals surface area (Å²) >= 11 is 0. The lowest BCUT2D eigenvalue weighted by Gasteiger charge is -2.39. The molecule has 0 aliphatic carbocycles. The Balaban J connectivity index is 2.15. The molecule has 1 N–H and O–H groups in total. The van der Waals surface area contributed by atoms with Crippen LogP contribution in [0.5, 0.6) is 17.2 Å². The van der Waals surface area contributed by atoms with E-state index in [1.165, 1.54) is 0 Å². The molecule has 1 aliphatic rings. The Kier molecular flexibility index (Phi) is 4.96. The summed E-state index contributed by atoms with van der Waals surface area (Å²) in [7, 11) is 4.86. The Morgan fingerprint density at radius 3 is 2.33 bits per heavy atom. The van der Waals surface area contributed by atoms with Gasteiger partial charge in [-0.05, 0) is 44.0 Å². The molecule has 0 radical (unpaired) electrons. The standard InChI is InChI=1S/C16H25NO4/c1-16(21-4)6-5-7-17(11-16)10-12-8-13(19-2)15(18)14(9-12)20-3/h8-9,18H,5-7,10-11H2,1-4H3. The first-order chi connectivity index (χ1) is 10.0. The van der Waals surface area contributed by atoms with Crippen LogP contribution < -0.4 is 9.47 Å². The Labute approximate surface area is 126 Å². The summed E-state index contributed by atoms with van der Waals surface area (Å²) in [5, 5.41) is 9.96. The van der Waals surface area contributed by atoms with E-state index in [9.17, 15) is 5.11 Å². The lowest BCUT2D eigenvalue weighted by Crippen LogP contribution is -2.46. The lowest BCUT2D eigenvalue weighted by molar-refractivity contribution is -0.0527. The van der Waals surface area contributed by atoms with Gasteiger partial charge in [0.05, 0.1) is 19.8 Å². The molecule has 0 amide bonds. The monoisotopic (exact) mass is 295 g/mol. The van der Waals surface area contributed by atoms with E-state index >= 15 is 0 Å². The van der Waals surface area contributed by atoms with E-state index in [0.29, 0.717) is 11.5 Å². The second-order valence-corrected chi connectivity index (χ2v) is 5.82. The molecule has 5 heteroatoms. The lowest BCUT2D eigenvalue weighted by atomic mass is 9.94. The third kappa shape index (κ3) is 3.60. The van der Waals surface area contributed by atoms with E-state index in [1.54, 1.807) is 21.3 Å². The van der Waals surface area contributed by atoms with Crippen molar-refractivity contribution in [2.45, 2.75) is 31.9 Å². The van der Waals surface area contributed by atoms with Gasteiger partial charge in [0, 0.05) is 20.2 Å². The van der Waals surface area contributed by atoms with Crippen molar-refractivity contribution < 1.29 is 19.3 Å². The summed E-state index contributed by atoms with van der Waals surface area (Å²) in [5.74, 6) is 0.927. The molecule has 0 spiro atoms. The number of hydrogen-bond acceptors (Lipinski definition) is 5. The van der Waals surface area contributed by atoms with Gasteiger partial charge in [0.15, 0.2) is 11.5 Å². The van der Waals surface area contributed by atoms with Crippen molar-refractivity contribution in [2.24, 2.45) is 0 Å². The number of methoxy groups -OCH3 is 3. The van der Waals surface area contributed by atoms with Crippen LogP contribution >= 0.6 is 0 Å². The summed E-state index contributed by atoms with van der Waals surface area (Å²) in [6, 6.07) is 3.72. The fourth-order valence-corrected chi connectivity index (χ4v) is 2.91. The molecule has 1 fully saturated rings. The zero-order valence-corrected chi connectivity index (χ0v) is 13.3. The molecule has 21 heavy (non-hydrogen) atoms. The number of aromatic hydroxyl groups is 1. The molecular formula is C16H25NO4. The van der Waals surface area contributed by atoms with Crippen molar-refractivity contribution in [1.82, 2.24) is 4.90 Å². The molecule has 0 bridgehead atoms. The molecule has 1 atom stereocenters. The average Bonchev–Trinajstić information content (AvgIpc) is 2.49. The second kappa shape index (κ2) is 6.54. The molecule has 2 rings (SSSR count). The maximum Gasteiger partial charge on any atom is 0.200 e. The van der Waals surface area contributed by atoms with E-state index in [2.05, 4.69) is 11.8 Å². The van der Waals surface area contributed by atoms with Crippen molar-refractivity contribution in [3.63, 3.8) is 0 Å². The summed E-state index contributed by atoms with van der Waals surface area (Å²) in [4.78, 5) is 2.36. The van der Waals surface area contributed by atoms with Crippen LogP contribution in [0.3, 0.4) is 0 Å². The Hall–Kier alpha value is -1.46. The van der Waals surface area contributed by atoms with Crippen LogP contribution in [-0.2, 0) is 11.3 Å². The van der Waals surface area contributed by atoms with Gasteiger partial charge in [-0.2, -0.15) is 0 Å². The first-order valence-electron chi connectivity index (χ1n) is 7.22. The third-order valence-electron chi connectivity index (χ3n) is 4.18. The highest BCUT2D eigenvalue weighted by atomic mass is 16.5. The van der Waals surface area contributed by atoms with Crippen molar-refractivity contribution >= 4 is 0 Å². The van der Waals surface area contributed by atoms with Crippen LogP contribution in [0.1, 0.15) is 25.3 Å². The zero-order valence-electron chi connectivity index (χ0n) is 13.3. The van der Waals surface area contributed by atoms with Crippen LogP contribution in [0.25, 0.3) is 0 Å². The number of rotatable bonds is 5. The smallest absolute Gasteiger partial charge is 0.200 e. The van der Waals surface area contributed by atoms with Crippen LogP contribution in [0, 0.1) is 0 Å². The van der Waals surface area contributed by atoms with Gasteiger partial charge in [-0.15, -0.1) is 0 Å². The van der Waals surface area contributed by atoms with E-state index in [-0.39, 0.29) is 11.4 Å². The van der Waals surface area contributed by atoms with Gasteiger partial charge in [0.1, 0.15) is 0 Å². The number of phenols is 1. The zero-order chi connectivity index (χ0) is 15.5. The van der Waals surface area contributed by atoms with Crippen molar-refractivity contribution in [2.75, 3.05) is 34.4 Å². The van der Waals surface area contributed by atoms with Gasteiger partial charge in [-0.1, -0.05) is 0 Å². The number of benzene rings is 1. The Bertz CT molecular complexity index is 466. The van der Waals surface area contributed by atoms with Gasteiger partial charge in [-0.3, -0.25) is 4.90 Å². The third-order valence-corrected chi connectivity index (χ3v) is 4.18. The number of piperidine rings is 1. The summed E-state index contributed by atoms with van der Waals surface area (Å²) in [5.41, 5.74) is 0.977. The summed E-state index contributed by atoms with van der Waals surface area (Å²) in [6.45, 7) is 4.88. The van der Waals surface area contributed by atoms with Crippen LogP contribution in [0.4, 0.5) is 0 Å². The number of hydrogen-bond donors (Lipinski definition) is 1. The van der Waals surface area contributed by atoms with Gasteiger partial charge >= 0.3 is 0 Å². The summed E-state index contributed by atoms with van der Waals surface area (Å²) < 4.78 is 16.0. The van der Waals surface area contributed by atoms with Gasteiger partial charge in [-0.25, -0.2) is 0 Å². The fraction of sp³-hybridized carbons (Fsp3) is 0.625. The quantitative estimate of drug-likeness (QED) is 0.904. The Morgan fingerprint density at radius 1 is 1.19 bits per heavy atom. The van der Waals surface area contributed by atoms with E-state index in [0.717, 1.165) is 38.0 Å². The van der Waals surface area contributed by atoms with E-state index < -0.39 is 0 Å². The van der Waals surface area contributed by atoms with Gasteiger partial charge in [0.25, 0.3) is 0 Å². The number of nitrogens with zero attached hydrogens (tertiary/aromatic N) is 1. The minimum absolute atomic E-state index is 0.0455. The highest BCUT2D eigenvalue weighted by Gasteiger charge is 2.30. The predicted molar refractivity (Wildman–Crippen MR) is 81.1 cm³/mol. The minimum Gasteiger partial charge on any atom is -0.502 e. The largest absolute Gasteiger partial charge is 0.502 e. The molecule has 1 heterocycles. The molecule has 1 aromatic carbocycles. The first-order valence-corrected chi connectivity index (χ1v) is 7.22. The first kappa shape index (κ1) is 15.9. The number of ether oxygens (including phenoxy) is 3. The van der Waals surface area contributed by atoms with Crippen LogP contribution in [-0.4, -0.2) is 50.0 Å². The molecule has 0 saturated carbocycles. The molecule has 118 valence electrons. The predicted octanol–water partition coefficient (Wildman–Crippen LogP) is 2.41. The number of likely N-dealkylation sites (tertiary alicyclic amines) is 1. The molecule has 0 aromatic heterocycles. The molecule has 1 unspecified atom stereocenters. The topological polar surface area (TPSA) is 51.2 Å². The van der Waals surface area contributed by atoms with Crippen LogP contribution in [0.15, 0.2) is 12.1 Å². The van der Waals surface area contributed by atoms with E-state index in [1.807, 2.05) is 12.1 Å². The molecule has 1 aromatic rings.